The van der Waals surface area contributed by atoms with E-state index in [1.165, 1.54) is 23.3 Å². The van der Waals surface area contributed by atoms with Crippen molar-refractivity contribution in [3.63, 3.8) is 0 Å². The predicted molar refractivity (Wildman–Crippen MR) is 138 cm³/mol. The largest absolute Gasteiger partial charge is 0.416 e. The van der Waals surface area contributed by atoms with Crippen LogP contribution >= 0.6 is 11.6 Å². The van der Waals surface area contributed by atoms with Crippen molar-refractivity contribution < 1.29 is 31.4 Å². The molecule has 0 amide bonds. The number of hydrogen-bond donors (Lipinski definition) is 1. The molecule has 3 heterocycles. The summed E-state index contributed by atoms with van der Waals surface area (Å²) in [6.07, 6.45) is -6.86. The fraction of sp³-hybridized carbons (Fsp3) is 0.143. The second kappa shape index (κ2) is 10.9. The van der Waals surface area contributed by atoms with Crippen LogP contribution in [0.15, 0.2) is 85.3 Å². The number of halogens is 7. The highest BCUT2D eigenvalue weighted by Crippen LogP contribution is 2.39. The van der Waals surface area contributed by atoms with E-state index in [2.05, 4.69) is 20.3 Å². The molecular weight excluding hydrogens is 572 g/mol. The summed E-state index contributed by atoms with van der Waals surface area (Å²) in [6, 6.07) is 14.4. The van der Waals surface area contributed by atoms with Gasteiger partial charge in [-0.05, 0) is 48.0 Å². The van der Waals surface area contributed by atoms with Gasteiger partial charge in [-0.2, -0.15) is 26.3 Å². The molecule has 0 aliphatic carbocycles. The van der Waals surface area contributed by atoms with Crippen molar-refractivity contribution in [1.29, 1.82) is 0 Å². The van der Waals surface area contributed by atoms with E-state index in [1.54, 1.807) is 48.5 Å². The molecule has 0 aliphatic rings. The first-order chi connectivity index (χ1) is 19.4. The fourth-order valence-electron chi connectivity index (χ4n) is 4.36. The lowest BCUT2D eigenvalue weighted by Gasteiger charge is -2.17. The summed E-state index contributed by atoms with van der Waals surface area (Å²) in [5, 5.41) is 19.8. The van der Waals surface area contributed by atoms with Crippen LogP contribution in [0.5, 0.6) is 0 Å². The molecule has 0 saturated heterocycles. The van der Waals surface area contributed by atoms with Crippen molar-refractivity contribution in [3.05, 3.63) is 118 Å². The maximum Gasteiger partial charge on any atom is 0.416 e. The van der Waals surface area contributed by atoms with Gasteiger partial charge in [-0.25, -0.2) is 4.68 Å². The number of hydrogen-bond acceptors (Lipinski definition) is 5. The molecule has 1 atom stereocenters. The number of aromatic nitrogens is 5. The molecule has 2 aromatic carbocycles. The van der Waals surface area contributed by atoms with Gasteiger partial charge in [-0.15, -0.1) is 5.10 Å². The molecule has 0 spiro atoms. The van der Waals surface area contributed by atoms with Gasteiger partial charge >= 0.3 is 12.4 Å². The number of benzene rings is 2. The van der Waals surface area contributed by atoms with Gasteiger partial charge in [0.1, 0.15) is 17.5 Å². The van der Waals surface area contributed by atoms with Gasteiger partial charge in [0.05, 0.1) is 23.4 Å². The molecule has 5 aromatic rings. The Morgan fingerprint density at radius 1 is 0.805 bits per heavy atom. The van der Waals surface area contributed by atoms with Crippen LogP contribution in [0.1, 0.15) is 33.9 Å². The normalized spacial score (nSPS) is 12.9. The summed E-state index contributed by atoms with van der Waals surface area (Å²) in [7, 11) is 0. The van der Waals surface area contributed by atoms with E-state index in [1.807, 2.05) is 0 Å². The zero-order valence-electron chi connectivity index (χ0n) is 20.7. The van der Waals surface area contributed by atoms with Gasteiger partial charge in [0.15, 0.2) is 0 Å². The highest BCUT2D eigenvalue weighted by Gasteiger charge is 2.37. The Bertz CT molecular complexity index is 1660. The molecule has 1 N–H and O–H groups in total. The molecule has 5 rings (SSSR count). The second-order valence-electron chi connectivity index (χ2n) is 8.97. The third kappa shape index (κ3) is 5.93. The molecule has 0 radical (unpaired) electrons. The third-order valence-electron chi connectivity index (χ3n) is 6.21. The summed E-state index contributed by atoms with van der Waals surface area (Å²) in [6.45, 7) is -0.487. The molecule has 0 fully saturated rings. The molecule has 1 unspecified atom stereocenters. The quantitative estimate of drug-likeness (QED) is 0.212. The average molecular weight is 590 g/mol. The van der Waals surface area contributed by atoms with Gasteiger partial charge in [0.2, 0.25) is 0 Å². The second-order valence-corrected chi connectivity index (χ2v) is 9.37. The van der Waals surface area contributed by atoms with Gasteiger partial charge in [-0.3, -0.25) is 9.97 Å². The summed E-state index contributed by atoms with van der Waals surface area (Å²) < 4.78 is 82.1. The highest BCUT2D eigenvalue weighted by atomic mass is 35.5. The smallest absolute Gasteiger partial charge is 0.384 e. The van der Waals surface area contributed by atoms with Crippen LogP contribution < -0.4 is 0 Å². The molecular formula is C28H18ClF6N5O. The van der Waals surface area contributed by atoms with Crippen LogP contribution in [0.25, 0.3) is 22.6 Å². The van der Waals surface area contributed by atoms with Gasteiger partial charge in [0, 0.05) is 40.3 Å². The predicted octanol–water partition coefficient (Wildman–Crippen LogP) is 7.22. The topological polar surface area (TPSA) is 76.7 Å². The number of alkyl halides is 6. The van der Waals surface area contributed by atoms with Crippen LogP contribution in [0.3, 0.4) is 0 Å². The van der Waals surface area contributed by atoms with E-state index in [9.17, 15) is 31.4 Å². The molecule has 210 valence electrons. The standard InChI is InChI=1S/C28H18ClF6N5O/c29-22-8-2-1-6-20(22)26(41)21-7-4-10-37-23(21)24-25(17-5-3-9-36-14-17)40(39-38-24)15-16-11-18(27(30,31)32)13-19(12-16)28(33,34)35/h1-14,26,41H,15H2. The van der Waals surface area contributed by atoms with Crippen LogP contribution in [0.4, 0.5) is 26.3 Å². The zero-order valence-corrected chi connectivity index (χ0v) is 21.5. The van der Waals surface area contributed by atoms with E-state index >= 15 is 0 Å². The van der Waals surface area contributed by atoms with Crippen molar-refractivity contribution in [2.75, 3.05) is 0 Å². The fourth-order valence-corrected chi connectivity index (χ4v) is 4.60. The Morgan fingerprint density at radius 2 is 1.46 bits per heavy atom. The minimum Gasteiger partial charge on any atom is -0.384 e. The number of pyridine rings is 2. The average Bonchev–Trinajstić information content (AvgIpc) is 3.35. The molecule has 0 bridgehead atoms. The van der Waals surface area contributed by atoms with Crippen LogP contribution in [-0.2, 0) is 18.9 Å². The Balaban J connectivity index is 1.66. The number of aliphatic hydroxyl groups is 1. The SMILES string of the molecule is OC(c1ccccc1Cl)c1cccnc1-c1nnn(Cc2cc(C(F)(F)F)cc(C(F)(F)F)c2)c1-c1cccnc1. The van der Waals surface area contributed by atoms with Crippen LogP contribution in [0.2, 0.25) is 5.02 Å². The maximum absolute atomic E-state index is 13.5. The lowest BCUT2D eigenvalue weighted by atomic mass is 9.97. The van der Waals surface area contributed by atoms with E-state index < -0.39 is 36.1 Å². The van der Waals surface area contributed by atoms with Crippen molar-refractivity contribution in [3.8, 4) is 22.6 Å². The molecule has 6 nitrogen and oxygen atoms in total. The first-order valence-corrected chi connectivity index (χ1v) is 12.3. The summed E-state index contributed by atoms with van der Waals surface area (Å²) in [4.78, 5) is 8.47. The first-order valence-electron chi connectivity index (χ1n) is 11.9. The number of aliphatic hydroxyl groups excluding tert-OH is 1. The van der Waals surface area contributed by atoms with Crippen molar-refractivity contribution in [2.45, 2.75) is 25.0 Å². The summed E-state index contributed by atoms with van der Waals surface area (Å²) in [5.41, 5.74) is -1.55. The molecule has 0 aliphatic heterocycles. The monoisotopic (exact) mass is 589 g/mol. The minimum absolute atomic E-state index is 0.0640. The van der Waals surface area contributed by atoms with E-state index in [0.717, 1.165) is 0 Å². The van der Waals surface area contributed by atoms with Crippen molar-refractivity contribution in [2.24, 2.45) is 0 Å². The molecule has 0 saturated carbocycles. The summed E-state index contributed by atoms with van der Waals surface area (Å²) >= 11 is 6.30. The van der Waals surface area contributed by atoms with Gasteiger partial charge in [0.25, 0.3) is 0 Å². The Morgan fingerprint density at radius 3 is 2.10 bits per heavy atom. The summed E-state index contributed by atoms with van der Waals surface area (Å²) in [5.74, 6) is 0. The Labute approximate surface area is 233 Å². The molecule has 13 heteroatoms. The third-order valence-corrected chi connectivity index (χ3v) is 6.55. The lowest BCUT2D eigenvalue weighted by molar-refractivity contribution is -0.143. The minimum atomic E-state index is -5.01. The molecule has 3 aromatic heterocycles. The van der Waals surface area contributed by atoms with Crippen molar-refractivity contribution in [1.82, 2.24) is 25.0 Å². The van der Waals surface area contributed by atoms with E-state index in [4.69, 9.17) is 11.6 Å². The van der Waals surface area contributed by atoms with Crippen LogP contribution in [-0.4, -0.2) is 30.1 Å². The maximum atomic E-state index is 13.5. The van der Waals surface area contributed by atoms with Crippen molar-refractivity contribution >= 4 is 11.6 Å². The first kappa shape index (κ1) is 28.2. The Kier molecular flexibility index (Phi) is 7.54. The van der Waals surface area contributed by atoms with Crippen LogP contribution in [0, 0.1) is 0 Å². The van der Waals surface area contributed by atoms with E-state index in [-0.39, 0.29) is 28.7 Å². The lowest BCUT2D eigenvalue weighted by Crippen LogP contribution is -2.13. The Hall–Kier alpha value is -4.29. The number of rotatable bonds is 6. The highest BCUT2D eigenvalue weighted by molar-refractivity contribution is 6.31. The zero-order chi connectivity index (χ0) is 29.4. The van der Waals surface area contributed by atoms with Gasteiger partial charge in [-0.1, -0.05) is 41.1 Å². The number of nitrogens with zero attached hydrogens (tertiary/aromatic N) is 5. The van der Waals surface area contributed by atoms with E-state index in [0.29, 0.717) is 33.8 Å². The van der Waals surface area contributed by atoms with Gasteiger partial charge < -0.3 is 5.11 Å². The molecule has 41 heavy (non-hydrogen) atoms.